The van der Waals surface area contributed by atoms with Gasteiger partial charge in [0.25, 0.3) is 0 Å². The third kappa shape index (κ3) is 2.28. The van der Waals surface area contributed by atoms with Gasteiger partial charge in [-0.05, 0) is 12.1 Å². The Hall–Kier alpha value is -2.04. The molecule has 0 saturated carbocycles. The molecule has 19 heavy (non-hydrogen) atoms. The van der Waals surface area contributed by atoms with Crippen LogP contribution in [0.2, 0.25) is 0 Å². The highest BCUT2D eigenvalue weighted by molar-refractivity contribution is 5.41. The molecule has 5 heteroatoms. The molecule has 0 heterocycles. The first-order chi connectivity index (χ1) is 8.85. The van der Waals surface area contributed by atoms with Crippen molar-refractivity contribution >= 4 is 5.69 Å². The lowest BCUT2D eigenvalue weighted by Gasteiger charge is -2.27. The molecule has 100 valence electrons. The molecule has 2 aromatic carbocycles. The fraction of sp³-hybridized carbons (Fsp3) is 0.143. The standard InChI is InChI=1S/C14H11F4N/c15-13(16,10-4-2-1-3-5-10)14(17,18)11-6-8-12(19)9-7-11/h1-9H,19H2. The van der Waals surface area contributed by atoms with Gasteiger partial charge in [0.1, 0.15) is 0 Å². The van der Waals surface area contributed by atoms with Crippen LogP contribution in [-0.2, 0) is 11.8 Å². The summed E-state index contributed by atoms with van der Waals surface area (Å²) in [7, 11) is 0. The molecule has 0 amide bonds. The van der Waals surface area contributed by atoms with Crippen molar-refractivity contribution in [1.82, 2.24) is 0 Å². The Bertz CT molecular complexity index is 549. The summed E-state index contributed by atoms with van der Waals surface area (Å²) < 4.78 is 55.8. The number of hydrogen-bond acceptors (Lipinski definition) is 1. The normalized spacial score (nSPS) is 12.4. The Kier molecular flexibility index (Phi) is 3.22. The van der Waals surface area contributed by atoms with Crippen molar-refractivity contribution < 1.29 is 17.6 Å². The number of nitrogen functional groups attached to an aromatic ring is 1. The highest BCUT2D eigenvalue weighted by Crippen LogP contribution is 2.49. The Morgan fingerprint density at radius 1 is 0.632 bits per heavy atom. The fourth-order valence-electron chi connectivity index (χ4n) is 1.70. The van der Waals surface area contributed by atoms with E-state index in [2.05, 4.69) is 0 Å². The Labute approximate surface area is 107 Å². The van der Waals surface area contributed by atoms with Crippen molar-refractivity contribution in [3.63, 3.8) is 0 Å². The van der Waals surface area contributed by atoms with Crippen LogP contribution >= 0.6 is 0 Å². The van der Waals surface area contributed by atoms with E-state index in [0.717, 1.165) is 24.3 Å². The Morgan fingerprint density at radius 3 is 1.53 bits per heavy atom. The zero-order chi connectivity index (χ0) is 14.1. The van der Waals surface area contributed by atoms with Crippen molar-refractivity contribution in [1.29, 1.82) is 0 Å². The van der Waals surface area contributed by atoms with E-state index in [-0.39, 0.29) is 5.69 Å². The summed E-state index contributed by atoms with van der Waals surface area (Å²) in [5.41, 5.74) is 4.10. The summed E-state index contributed by atoms with van der Waals surface area (Å²) >= 11 is 0. The van der Waals surface area contributed by atoms with Crippen molar-refractivity contribution in [2.45, 2.75) is 11.8 Å². The van der Waals surface area contributed by atoms with E-state index in [1.807, 2.05) is 0 Å². The average molecular weight is 269 g/mol. The molecule has 0 aliphatic rings. The van der Waals surface area contributed by atoms with Crippen LogP contribution < -0.4 is 5.73 Å². The minimum atomic E-state index is -4.30. The van der Waals surface area contributed by atoms with Crippen molar-refractivity contribution in [2.24, 2.45) is 0 Å². The summed E-state index contributed by atoms with van der Waals surface area (Å²) in [4.78, 5) is 0. The molecule has 0 aliphatic carbocycles. The van der Waals surface area contributed by atoms with Gasteiger partial charge in [0, 0.05) is 16.8 Å². The zero-order valence-electron chi connectivity index (χ0n) is 9.79. The van der Waals surface area contributed by atoms with Crippen LogP contribution in [0, 0.1) is 0 Å². The second-order valence-electron chi connectivity index (χ2n) is 4.14. The van der Waals surface area contributed by atoms with Gasteiger partial charge in [-0.3, -0.25) is 0 Å². The highest BCUT2D eigenvalue weighted by atomic mass is 19.3. The molecular formula is C14H11F4N. The lowest BCUT2D eigenvalue weighted by molar-refractivity contribution is -0.223. The molecule has 0 bridgehead atoms. The zero-order valence-corrected chi connectivity index (χ0v) is 9.79. The molecule has 0 atom stereocenters. The van der Waals surface area contributed by atoms with E-state index in [0.29, 0.717) is 0 Å². The van der Waals surface area contributed by atoms with Gasteiger partial charge in [0.2, 0.25) is 0 Å². The summed E-state index contributed by atoms with van der Waals surface area (Å²) in [6.45, 7) is 0. The topological polar surface area (TPSA) is 26.0 Å². The minimum Gasteiger partial charge on any atom is -0.399 e. The van der Waals surface area contributed by atoms with E-state index < -0.39 is 23.0 Å². The maximum atomic E-state index is 14.0. The molecular weight excluding hydrogens is 258 g/mol. The molecule has 0 aliphatic heterocycles. The minimum absolute atomic E-state index is 0.238. The summed E-state index contributed by atoms with van der Waals surface area (Å²) in [6, 6.07) is 10.2. The molecule has 0 unspecified atom stereocenters. The van der Waals surface area contributed by atoms with E-state index in [4.69, 9.17) is 5.73 Å². The molecule has 1 nitrogen and oxygen atoms in total. The summed E-state index contributed by atoms with van der Waals surface area (Å²) in [5.74, 6) is -8.59. The molecule has 2 rings (SSSR count). The van der Waals surface area contributed by atoms with Gasteiger partial charge in [0.15, 0.2) is 0 Å². The van der Waals surface area contributed by atoms with E-state index in [1.165, 1.54) is 30.3 Å². The largest absolute Gasteiger partial charge is 0.399 e. The van der Waals surface area contributed by atoms with Crippen LogP contribution in [0.25, 0.3) is 0 Å². The predicted octanol–water partition coefficient (Wildman–Crippen LogP) is 4.15. The van der Waals surface area contributed by atoms with Crippen molar-refractivity contribution in [2.75, 3.05) is 5.73 Å². The average Bonchev–Trinajstić information content (AvgIpc) is 2.40. The monoisotopic (exact) mass is 269 g/mol. The number of anilines is 1. The molecule has 0 fully saturated rings. The third-order valence-electron chi connectivity index (χ3n) is 2.80. The van der Waals surface area contributed by atoms with Crippen LogP contribution in [0.15, 0.2) is 54.6 Å². The van der Waals surface area contributed by atoms with Crippen LogP contribution in [0.3, 0.4) is 0 Å². The maximum absolute atomic E-state index is 14.0. The van der Waals surface area contributed by atoms with E-state index in [9.17, 15) is 17.6 Å². The Balaban J connectivity index is 2.46. The molecule has 0 saturated heterocycles. The number of nitrogens with two attached hydrogens (primary N) is 1. The molecule has 0 aromatic heterocycles. The number of rotatable bonds is 3. The summed E-state index contributed by atoms with van der Waals surface area (Å²) in [5, 5.41) is 0. The first-order valence-corrected chi connectivity index (χ1v) is 5.53. The number of benzene rings is 2. The van der Waals surface area contributed by atoms with E-state index in [1.54, 1.807) is 0 Å². The first-order valence-electron chi connectivity index (χ1n) is 5.53. The quantitative estimate of drug-likeness (QED) is 0.657. The van der Waals surface area contributed by atoms with Gasteiger partial charge in [-0.25, -0.2) is 0 Å². The lowest BCUT2D eigenvalue weighted by Crippen LogP contribution is -2.35. The SMILES string of the molecule is Nc1ccc(C(F)(F)C(F)(F)c2ccccc2)cc1. The first kappa shape index (κ1) is 13.4. The molecule has 0 spiro atoms. The van der Waals surface area contributed by atoms with Crippen LogP contribution in [0.5, 0.6) is 0 Å². The fourth-order valence-corrected chi connectivity index (χ4v) is 1.70. The number of alkyl halides is 4. The number of hydrogen-bond donors (Lipinski definition) is 1. The molecule has 2 aromatic rings. The van der Waals surface area contributed by atoms with Gasteiger partial charge in [-0.2, -0.15) is 17.6 Å². The predicted molar refractivity (Wildman–Crippen MR) is 65.1 cm³/mol. The van der Waals surface area contributed by atoms with E-state index >= 15 is 0 Å². The van der Waals surface area contributed by atoms with Gasteiger partial charge in [0.05, 0.1) is 0 Å². The third-order valence-corrected chi connectivity index (χ3v) is 2.80. The van der Waals surface area contributed by atoms with Gasteiger partial charge in [-0.1, -0.05) is 42.5 Å². The van der Waals surface area contributed by atoms with Crippen molar-refractivity contribution in [3.8, 4) is 0 Å². The second kappa shape index (κ2) is 4.57. The van der Waals surface area contributed by atoms with Gasteiger partial charge < -0.3 is 5.73 Å². The molecule has 0 radical (unpaired) electrons. The lowest BCUT2D eigenvalue weighted by atomic mass is 9.96. The molecule has 2 N–H and O–H groups in total. The van der Waals surface area contributed by atoms with Crippen LogP contribution in [0.1, 0.15) is 11.1 Å². The smallest absolute Gasteiger partial charge is 0.339 e. The maximum Gasteiger partial charge on any atom is 0.339 e. The second-order valence-corrected chi connectivity index (χ2v) is 4.14. The van der Waals surface area contributed by atoms with Crippen molar-refractivity contribution in [3.05, 3.63) is 65.7 Å². The van der Waals surface area contributed by atoms with Gasteiger partial charge >= 0.3 is 11.8 Å². The van der Waals surface area contributed by atoms with Crippen LogP contribution in [0.4, 0.5) is 23.2 Å². The number of halogens is 4. The Morgan fingerprint density at radius 2 is 1.05 bits per heavy atom. The summed E-state index contributed by atoms with van der Waals surface area (Å²) in [6.07, 6.45) is 0. The van der Waals surface area contributed by atoms with Crippen LogP contribution in [-0.4, -0.2) is 0 Å². The van der Waals surface area contributed by atoms with Gasteiger partial charge in [-0.15, -0.1) is 0 Å². The highest BCUT2D eigenvalue weighted by Gasteiger charge is 2.58.